The van der Waals surface area contributed by atoms with E-state index in [2.05, 4.69) is 5.32 Å². The molecule has 2 fully saturated rings. The smallest absolute Gasteiger partial charge is 0.222 e. The maximum Gasteiger partial charge on any atom is 0.222 e. The number of likely N-dealkylation sites (tertiary alicyclic amines) is 1. The minimum atomic E-state index is -0.324. The van der Waals surface area contributed by atoms with E-state index in [-0.39, 0.29) is 42.1 Å². The number of amides is 2. The molecule has 1 saturated carbocycles. The predicted molar refractivity (Wildman–Crippen MR) is 95.7 cm³/mol. The number of aliphatic hydroxyl groups is 1. The Balaban J connectivity index is 1.58. The SMILES string of the molecule is O=C(CCN1CCCCCC1=O)N[C@H](c1ccc(F)cc1)C1CC(O)C1. The highest BCUT2D eigenvalue weighted by molar-refractivity contribution is 5.79. The molecule has 1 aromatic rings. The molecule has 2 amide bonds. The summed E-state index contributed by atoms with van der Waals surface area (Å²) in [6.07, 6.45) is 4.75. The monoisotopic (exact) mass is 362 g/mol. The van der Waals surface area contributed by atoms with Crippen LogP contribution in [0.3, 0.4) is 0 Å². The van der Waals surface area contributed by atoms with Crippen LogP contribution in [0.4, 0.5) is 4.39 Å². The second-order valence-corrected chi connectivity index (χ2v) is 7.42. The molecule has 0 unspecified atom stereocenters. The van der Waals surface area contributed by atoms with Crippen molar-refractivity contribution in [2.45, 2.75) is 57.1 Å². The molecule has 0 radical (unpaired) electrons. The van der Waals surface area contributed by atoms with E-state index in [0.717, 1.165) is 31.4 Å². The molecule has 1 heterocycles. The summed E-state index contributed by atoms with van der Waals surface area (Å²) in [6, 6.07) is 5.91. The normalized spacial score (nSPS) is 24.5. The number of hydrogen-bond donors (Lipinski definition) is 2. The topological polar surface area (TPSA) is 69.6 Å². The summed E-state index contributed by atoms with van der Waals surface area (Å²) in [5.74, 6) is -0.142. The van der Waals surface area contributed by atoms with Gasteiger partial charge in [-0.2, -0.15) is 0 Å². The van der Waals surface area contributed by atoms with E-state index in [1.165, 1.54) is 12.1 Å². The zero-order valence-corrected chi connectivity index (χ0v) is 15.0. The van der Waals surface area contributed by atoms with Gasteiger partial charge in [0.1, 0.15) is 5.82 Å². The van der Waals surface area contributed by atoms with Crippen molar-refractivity contribution in [1.82, 2.24) is 10.2 Å². The first-order chi connectivity index (χ1) is 12.5. The average Bonchev–Trinajstić information content (AvgIpc) is 2.80. The molecule has 1 aliphatic carbocycles. The predicted octanol–water partition coefficient (Wildman–Crippen LogP) is 2.55. The Bertz CT molecular complexity index is 628. The molecule has 0 spiro atoms. The molecular formula is C20H27FN2O3. The van der Waals surface area contributed by atoms with Gasteiger partial charge in [0.15, 0.2) is 0 Å². The van der Waals surface area contributed by atoms with Gasteiger partial charge >= 0.3 is 0 Å². The van der Waals surface area contributed by atoms with Gasteiger partial charge in [-0.3, -0.25) is 9.59 Å². The first kappa shape index (κ1) is 18.8. The van der Waals surface area contributed by atoms with E-state index in [9.17, 15) is 19.1 Å². The summed E-state index contributed by atoms with van der Waals surface area (Å²) < 4.78 is 13.2. The third kappa shape index (κ3) is 4.81. The van der Waals surface area contributed by atoms with Crippen LogP contribution in [0.25, 0.3) is 0 Å². The molecule has 26 heavy (non-hydrogen) atoms. The summed E-state index contributed by atoms with van der Waals surface area (Å²) in [5, 5.41) is 12.6. The Hall–Kier alpha value is -1.95. The van der Waals surface area contributed by atoms with E-state index in [1.807, 2.05) is 0 Å². The van der Waals surface area contributed by atoms with Gasteiger partial charge in [-0.15, -0.1) is 0 Å². The van der Waals surface area contributed by atoms with Crippen LogP contribution in [0.5, 0.6) is 0 Å². The van der Waals surface area contributed by atoms with Crippen molar-refractivity contribution < 1.29 is 19.1 Å². The first-order valence-corrected chi connectivity index (χ1v) is 9.53. The number of nitrogens with zero attached hydrogens (tertiary/aromatic N) is 1. The van der Waals surface area contributed by atoms with Crippen LogP contribution in [0.1, 0.15) is 56.6 Å². The van der Waals surface area contributed by atoms with E-state index >= 15 is 0 Å². The second-order valence-electron chi connectivity index (χ2n) is 7.42. The third-order valence-electron chi connectivity index (χ3n) is 5.45. The Kier molecular flexibility index (Phi) is 6.25. The average molecular weight is 362 g/mol. The number of halogens is 1. The molecule has 1 aromatic carbocycles. The Morgan fingerprint density at radius 3 is 2.65 bits per heavy atom. The number of nitrogens with one attached hydrogen (secondary N) is 1. The Labute approximate surface area is 153 Å². The lowest BCUT2D eigenvalue weighted by Gasteiger charge is -2.38. The molecular weight excluding hydrogens is 335 g/mol. The number of rotatable bonds is 6. The van der Waals surface area contributed by atoms with Gasteiger partial charge in [-0.05, 0) is 49.3 Å². The van der Waals surface area contributed by atoms with E-state index < -0.39 is 0 Å². The van der Waals surface area contributed by atoms with E-state index in [1.54, 1.807) is 17.0 Å². The minimum absolute atomic E-state index is 0.113. The van der Waals surface area contributed by atoms with Crippen LogP contribution in [-0.4, -0.2) is 41.0 Å². The lowest BCUT2D eigenvalue weighted by molar-refractivity contribution is -0.131. The van der Waals surface area contributed by atoms with Crippen molar-refractivity contribution in [3.8, 4) is 0 Å². The fraction of sp³-hybridized carbons (Fsp3) is 0.600. The quantitative estimate of drug-likeness (QED) is 0.817. The van der Waals surface area contributed by atoms with Crippen LogP contribution >= 0.6 is 0 Å². The molecule has 0 bridgehead atoms. The van der Waals surface area contributed by atoms with Crippen LogP contribution in [-0.2, 0) is 9.59 Å². The fourth-order valence-electron chi connectivity index (χ4n) is 3.80. The molecule has 1 saturated heterocycles. The molecule has 2 aliphatic rings. The van der Waals surface area contributed by atoms with Gasteiger partial charge in [0.2, 0.25) is 11.8 Å². The number of benzene rings is 1. The van der Waals surface area contributed by atoms with Gasteiger partial charge in [0.25, 0.3) is 0 Å². The second kappa shape index (κ2) is 8.62. The molecule has 5 nitrogen and oxygen atoms in total. The maximum atomic E-state index is 13.2. The maximum absolute atomic E-state index is 13.2. The summed E-state index contributed by atoms with van der Waals surface area (Å²) in [6.45, 7) is 1.16. The van der Waals surface area contributed by atoms with Crippen molar-refractivity contribution in [3.63, 3.8) is 0 Å². The number of hydrogen-bond acceptors (Lipinski definition) is 3. The molecule has 142 valence electrons. The molecule has 0 aromatic heterocycles. The fourth-order valence-corrected chi connectivity index (χ4v) is 3.80. The summed E-state index contributed by atoms with van der Waals surface area (Å²) in [5.41, 5.74) is 0.850. The highest BCUT2D eigenvalue weighted by Gasteiger charge is 2.35. The van der Waals surface area contributed by atoms with E-state index in [0.29, 0.717) is 25.8 Å². The van der Waals surface area contributed by atoms with Crippen molar-refractivity contribution in [3.05, 3.63) is 35.6 Å². The zero-order valence-electron chi connectivity index (χ0n) is 15.0. The Morgan fingerprint density at radius 2 is 1.96 bits per heavy atom. The largest absolute Gasteiger partial charge is 0.393 e. The van der Waals surface area contributed by atoms with E-state index in [4.69, 9.17) is 0 Å². The van der Waals surface area contributed by atoms with Crippen molar-refractivity contribution in [2.75, 3.05) is 13.1 Å². The lowest BCUT2D eigenvalue weighted by atomic mass is 9.75. The molecule has 3 rings (SSSR count). The molecule has 6 heteroatoms. The highest BCUT2D eigenvalue weighted by Crippen LogP contribution is 2.38. The van der Waals surface area contributed by atoms with Crippen LogP contribution in [0, 0.1) is 11.7 Å². The Morgan fingerprint density at radius 1 is 1.23 bits per heavy atom. The zero-order chi connectivity index (χ0) is 18.5. The summed E-state index contributed by atoms with van der Waals surface area (Å²) >= 11 is 0. The van der Waals surface area contributed by atoms with Gasteiger partial charge in [-0.25, -0.2) is 4.39 Å². The van der Waals surface area contributed by atoms with Gasteiger partial charge in [0, 0.05) is 25.9 Å². The molecule has 1 aliphatic heterocycles. The van der Waals surface area contributed by atoms with Crippen molar-refractivity contribution in [2.24, 2.45) is 5.92 Å². The minimum Gasteiger partial charge on any atom is -0.393 e. The lowest BCUT2D eigenvalue weighted by Crippen LogP contribution is -2.42. The molecule has 1 atom stereocenters. The summed E-state index contributed by atoms with van der Waals surface area (Å²) in [7, 11) is 0. The van der Waals surface area contributed by atoms with Gasteiger partial charge in [-0.1, -0.05) is 18.6 Å². The van der Waals surface area contributed by atoms with Crippen LogP contribution < -0.4 is 5.32 Å². The van der Waals surface area contributed by atoms with Crippen molar-refractivity contribution >= 4 is 11.8 Å². The van der Waals surface area contributed by atoms with Gasteiger partial charge in [0.05, 0.1) is 12.1 Å². The number of carbonyl (C=O) groups excluding carboxylic acids is 2. The third-order valence-corrected chi connectivity index (χ3v) is 5.45. The van der Waals surface area contributed by atoms with Crippen molar-refractivity contribution in [1.29, 1.82) is 0 Å². The highest BCUT2D eigenvalue weighted by atomic mass is 19.1. The van der Waals surface area contributed by atoms with Crippen LogP contribution in [0.2, 0.25) is 0 Å². The van der Waals surface area contributed by atoms with Crippen LogP contribution in [0.15, 0.2) is 24.3 Å². The summed E-state index contributed by atoms with van der Waals surface area (Å²) in [4.78, 5) is 26.3. The first-order valence-electron chi connectivity index (χ1n) is 9.53. The number of aliphatic hydroxyl groups excluding tert-OH is 1. The molecule has 2 N–H and O–H groups in total. The number of carbonyl (C=O) groups is 2. The standard InChI is InChI=1S/C20H27FN2O3/c21-16-7-5-14(6-8-16)20(15-12-17(24)13-15)22-18(25)9-11-23-10-3-1-2-4-19(23)26/h5-8,15,17,20,24H,1-4,9-13H2,(H,22,25)/t15?,17?,20-/m1/s1. The van der Waals surface area contributed by atoms with Gasteiger partial charge < -0.3 is 15.3 Å².